The predicted molar refractivity (Wildman–Crippen MR) is 68.2 cm³/mol. The summed E-state index contributed by atoms with van der Waals surface area (Å²) in [6.07, 6.45) is 2.32. The van der Waals surface area contributed by atoms with E-state index in [1.165, 1.54) is 6.07 Å². The number of rotatable bonds is 2. The molecule has 1 aromatic heterocycles. The molecule has 0 aliphatic heterocycles. The maximum Gasteiger partial charge on any atom is 0.134 e. The molecule has 17 heavy (non-hydrogen) atoms. The van der Waals surface area contributed by atoms with Gasteiger partial charge in [-0.1, -0.05) is 11.6 Å². The first-order valence-electron chi connectivity index (χ1n) is 5.67. The van der Waals surface area contributed by atoms with Gasteiger partial charge in [-0.25, -0.2) is 4.39 Å². The quantitative estimate of drug-likeness (QED) is 0.873. The monoisotopic (exact) mass is 250 g/mol. The van der Waals surface area contributed by atoms with Crippen LogP contribution in [0.25, 0.3) is 10.9 Å². The molecule has 0 radical (unpaired) electrons. The third-order valence-electron chi connectivity index (χ3n) is 3.15. The summed E-state index contributed by atoms with van der Waals surface area (Å²) in [4.78, 5) is 4.49. The first kappa shape index (κ1) is 10.8. The normalized spacial score (nSPS) is 15.2. The summed E-state index contributed by atoms with van der Waals surface area (Å²) in [6, 6.07) is 4.87. The molecule has 2 nitrogen and oxygen atoms in total. The van der Waals surface area contributed by atoms with E-state index >= 15 is 0 Å². The minimum atomic E-state index is -0.288. The fourth-order valence-electron chi connectivity index (χ4n) is 2.07. The lowest BCUT2D eigenvalue weighted by molar-refractivity contribution is 0.639. The van der Waals surface area contributed by atoms with Crippen molar-refractivity contribution < 1.29 is 4.39 Å². The lowest BCUT2D eigenvalue weighted by Crippen LogP contribution is -1.97. The second-order valence-electron chi connectivity index (χ2n) is 4.37. The van der Waals surface area contributed by atoms with Gasteiger partial charge in [-0.15, -0.1) is 0 Å². The number of nitrogens with zero attached hydrogens (tertiary/aromatic N) is 1. The zero-order valence-electron chi connectivity index (χ0n) is 9.43. The number of benzene rings is 1. The summed E-state index contributed by atoms with van der Waals surface area (Å²) in [6.45, 7) is 0. The van der Waals surface area contributed by atoms with Gasteiger partial charge < -0.3 is 5.32 Å². The van der Waals surface area contributed by atoms with Crippen LogP contribution in [0.1, 0.15) is 24.5 Å². The number of halogens is 2. The number of hydrogen-bond acceptors (Lipinski definition) is 2. The standard InChI is InChI=1S/C13H12ClFN2/c1-16-11-6-10(7-2-3-7)17-13-8(14)4-5-9(15)12(11)13/h4-7H,2-3H2,1H3,(H,16,17). The van der Waals surface area contributed by atoms with Crippen molar-refractivity contribution >= 4 is 28.2 Å². The third kappa shape index (κ3) is 1.75. The van der Waals surface area contributed by atoms with Crippen LogP contribution in [0.15, 0.2) is 18.2 Å². The van der Waals surface area contributed by atoms with Gasteiger partial charge in [0.25, 0.3) is 0 Å². The van der Waals surface area contributed by atoms with Crippen molar-refractivity contribution in [3.8, 4) is 0 Å². The molecule has 1 heterocycles. The molecular weight excluding hydrogens is 239 g/mol. The van der Waals surface area contributed by atoms with E-state index < -0.39 is 0 Å². The van der Waals surface area contributed by atoms with E-state index in [1.54, 1.807) is 13.1 Å². The first-order valence-corrected chi connectivity index (χ1v) is 6.05. The summed E-state index contributed by atoms with van der Waals surface area (Å²) >= 11 is 6.10. The molecule has 1 N–H and O–H groups in total. The fraction of sp³-hybridized carbons (Fsp3) is 0.308. The van der Waals surface area contributed by atoms with Crippen molar-refractivity contribution in [2.24, 2.45) is 0 Å². The van der Waals surface area contributed by atoms with Crippen molar-refractivity contribution in [3.05, 3.63) is 34.7 Å². The summed E-state index contributed by atoms with van der Waals surface area (Å²) in [7, 11) is 1.78. The summed E-state index contributed by atoms with van der Waals surface area (Å²) in [5, 5.41) is 4.00. The van der Waals surface area contributed by atoms with Gasteiger partial charge in [0.1, 0.15) is 5.82 Å². The number of fused-ring (bicyclic) bond motifs is 1. The Labute approximate surface area is 104 Å². The van der Waals surface area contributed by atoms with E-state index in [2.05, 4.69) is 10.3 Å². The van der Waals surface area contributed by atoms with E-state index in [0.717, 1.165) is 24.2 Å². The number of hydrogen-bond donors (Lipinski definition) is 1. The fourth-order valence-corrected chi connectivity index (χ4v) is 2.27. The van der Waals surface area contributed by atoms with E-state index in [1.807, 2.05) is 6.07 Å². The zero-order chi connectivity index (χ0) is 12.0. The molecule has 1 saturated carbocycles. The van der Waals surface area contributed by atoms with Crippen molar-refractivity contribution in [1.29, 1.82) is 0 Å². The van der Waals surface area contributed by atoms with Gasteiger partial charge >= 0.3 is 0 Å². The molecule has 1 aliphatic rings. The van der Waals surface area contributed by atoms with Crippen LogP contribution in [0.2, 0.25) is 5.02 Å². The van der Waals surface area contributed by atoms with Crippen LogP contribution in [0.4, 0.5) is 10.1 Å². The van der Waals surface area contributed by atoms with Crippen LogP contribution in [0, 0.1) is 5.82 Å². The van der Waals surface area contributed by atoms with E-state index in [9.17, 15) is 4.39 Å². The highest BCUT2D eigenvalue weighted by atomic mass is 35.5. The van der Waals surface area contributed by atoms with Gasteiger partial charge in [-0.3, -0.25) is 4.98 Å². The van der Waals surface area contributed by atoms with Gasteiger partial charge in [0.2, 0.25) is 0 Å². The second kappa shape index (κ2) is 3.84. The van der Waals surface area contributed by atoms with Crippen LogP contribution in [-0.2, 0) is 0 Å². The van der Waals surface area contributed by atoms with Gasteiger partial charge in [0, 0.05) is 24.3 Å². The molecular formula is C13H12ClFN2. The van der Waals surface area contributed by atoms with Crippen LogP contribution < -0.4 is 5.32 Å². The molecule has 3 rings (SSSR count). The topological polar surface area (TPSA) is 24.9 Å². The molecule has 0 unspecified atom stereocenters. The predicted octanol–water partition coefficient (Wildman–Crippen LogP) is 3.95. The van der Waals surface area contributed by atoms with E-state index in [-0.39, 0.29) is 5.82 Å². The summed E-state index contributed by atoms with van der Waals surface area (Å²) in [5.74, 6) is 0.231. The smallest absolute Gasteiger partial charge is 0.134 e. The molecule has 0 bridgehead atoms. The largest absolute Gasteiger partial charge is 0.387 e. The van der Waals surface area contributed by atoms with E-state index in [0.29, 0.717) is 21.8 Å². The molecule has 1 aliphatic carbocycles. The van der Waals surface area contributed by atoms with Gasteiger partial charge in [-0.05, 0) is 31.0 Å². The molecule has 1 fully saturated rings. The molecule has 4 heteroatoms. The van der Waals surface area contributed by atoms with Gasteiger partial charge in [0.05, 0.1) is 15.9 Å². The van der Waals surface area contributed by atoms with Gasteiger partial charge in [0.15, 0.2) is 0 Å². The van der Waals surface area contributed by atoms with Crippen molar-refractivity contribution in [1.82, 2.24) is 4.98 Å². The van der Waals surface area contributed by atoms with Crippen molar-refractivity contribution in [3.63, 3.8) is 0 Å². The first-order chi connectivity index (χ1) is 8.20. The molecule has 0 saturated heterocycles. The average Bonchev–Trinajstić information content (AvgIpc) is 3.16. The minimum absolute atomic E-state index is 0.288. The number of anilines is 1. The molecule has 0 atom stereocenters. The van der Waals surface area contributed by atoms with Crippen LogP contribution in [0.5, 0.6) is 0 Å². The maximum atomic E-state index is 13.8. The number of aromatic nitrogens is 1. The Morgan fingerprint density at radius 3 is 2.82 bits per heavy atom. The highest BCUT2D eigenvalue weighted by molar-refractivity contribution is 6.35. The van der Waals surface area contributed by atoms with Crippen molar-refractivity contribution in [2.75, 3.05) is 12.4 Å². The Morgan fingerprint density at radius 1 is 1.41 bits per heavy atom. The average molecular weight is 251 g/mol. The Bertz CT molecular complexity index is 593. The lowest BCUT2D eigenvalue weighted by Gasteiger charge is -2.10. The van der Waals surface area contributed by atoms with Crippen LogP contribution >= 0.6 is 11.6 Å². The van der Waals surface area contributed by atoms with Crippen LogP contribution in [-0.4, -0.2) is 12.0 Å². The molecule has 2 aromatic rings. The number of pyridine rings is 1. The van der Waals surface area contributed by atoms with Gasteiger partial charge in [-0.2, -0.15) is 0 Å². The Balaban J connectivity index is 2.35. The zero-order valence-corrected chi connectivity index (χ0v) is 10.2. The Morgan fingerprint density at radius 2 is 2.18 bits per heavy atom. The maximum absolute atomic E-state index is 13.8. The minimum Gasteiger partial charge on any atom is -0.387 e. The summed E-state index contributed by atoms with van der Waals surface area (Å²) in [5.41, 5.74) is 2.33. The highest BCUT2D eigenvalue weighted by Crippen LogP contribution is 2.42. The Kier molecular flexibility index (Phi) is 2.44. The van der Waals surface area contributed by atoms with Crippen molar-refractivity contribution in [2.45, 2.75) is 18.8 Å². The third-order valence-corrected chi connectivity index (χ3v) is 3.45. The highest BCUT2D eigenvalue weighted by Gasteiger charge is 2.26. The molecule has 88 valence electrons. The lowest BCUT2D eigenvalue weighted by atomic mass is 10.1. The molecule has 0 amide bonds. The Hall–Kier alpha value is -1.35. The SMILES string of the molecule is CNc1cc(C2CC2)nc2c(Cl)ccc(F)c12. The van der Waals surface area contributed by atoms with E-state index in [4.69, 9.17) is 11.6 Å². The summed E-state index contributed by atoms with van der Waals surface area (Å²) < 4.78 is 13.8. The van der Waals surface area contributed by atoms with Crippen LogP contribution in [0.3, 0.4) is 0 Å². The number of nitrogens with one attached hydrogen (secondary N) is 1. The second-order valence-corrected chi connectivity index (χ2v) is 4.78. The molecule has 1 aromatic carbocycles. The molecule has 0 spiro atoms.